The van der Waals surface area contributed by atoms with E-state index < -0.39 is 0 Å². The summed E-state index contributed by atoms with van der Waals surface area (Å²) in [6.07, 6.45) is 2.26. The fraction of sp³-hybridized carbons (Fsp3) is 1.00. The molecule has 0 heterocycles. The van der Waals surface area contributed by atoms with Crippen LogP contribution in [-0.2, 0) is 0 Å². The Labute approximate surface area is 69.4 Å². The van der Waals surface area contributed by atoms with Gasteiger partial charge in [0, 0.05) is 0 Å². The third-order valence-corrected chi connectivity index (χ3v) is 1.72. The van der Waals surface area contributed by atoms with E-state index in [0.717, 1.165) is 6.42 Å². The predicted molar refractivity (Wildman–Crippen MR) is 44.4 cm³/mol. The minimum atomic E-state index is -0.0122. The van der Waals surface area contributed by atoms with Gasteiger partial charge in [-0.25, -0.2) is 0 Å². The molecule has 0 atom stereocenters. The molecule has 0 aromatic carbocycles. The first-order chi connectivity index (χ1) is 3.06. The molecule has 0 aromatic rings. The number of hydrogen-bond donors (Lipinski definition) is 0. The van der Waals surface area contributed by atoms with E-state index in [1.807, 2.05) is 0 Å². The quantitative estimate of drug-likeness (QED) is 0.648. The molecule has 44 valence electrons. The van der Waals surface area contributed by atoms with Gasteiger partial charge in [0.25, 0.3) is 0 Å². The van der Waals surface area contributed by atoms with E-state index in [1.165, 1.54) is 6.42 Å². The maximum absolute atomic E-state index is 3.37. The van der Waals surface area contributed by atoms with Crippen molar-refractivity contribution < 1.29 is 0 Å². The molecule has 0 bridgehead atoms. The second kappa shape index (κ2) is 3.46. The zero-order valence-electron chi connectivity index (χ0n) is 4.05. The lowest BCUT2D eigenvalue weighted by molar-refractivity contribution is 0.864. The summed E-state index contributed by atoms with van der Waals surface area (Å²) in [5.41, 5.74) is 0. The second-order valence-corrected chi connectivity index (χ2v) is 8.62. The highest BCUT2D eigenvalue weighted by Gasteiger charge is 2.14. The molecule has 0 rings (SSSR count). The minimum absolute atomic E-state index is 0.0122. The first-order valence-corrected chi connectivity index (χ1v) is 4.51. The molecule has 0 saturated carbocycles. The molecule has 0 nitrogen and oxygen atoms in total. The molecule has 0 spiro atoms. The summed E-state index contributed by atoms with van der Waals surface area (Å²) in [4.78, 5) is 0. The summed E-state index contributed by atoms with van der Waals surface area (Å²) in [6.45, 7) is 2.14. The van der Waals surface area contributed by atoms with Crippen LogP contribution < -0.4 is 0 Å². The van der Waals surface area contributed by atoms with Crippen LogP contribution in [0.2, 0.25) is 0 Å². The van der Waals surface area contributed by atoms with Gasteiger partial charge in [-0.2, -0.15) is 0 Å². The predicted octanol–water partition coefficient (Wildman–Crippen LogP) is 3.63. The van der Waals surface area contributed by atoms with Gasteiger partial charge in [-0.15, -0.1) is 0 Å². The van der Waals surface area contributed by atoms with E-state index in [1.54, 1.807) is 0 Å². The topological polar surface area (TPSA) is 0 Å². The maximum Gasteiger partial charge on any atom is 0.135 e. The zero-order chi connectivity index (χ0) is 5.91. The van der Waals surface area contributed by atoms with Crippen LogP contribution in [0.4, 0.5) is 0 Å². The molecular formula is C4H7Br3. The van der Waals surface area contributed by atoms with E-state index in [4.69, 9.17) is 0 Å². The Kier molecular flexibility index (Phi) is 4.17. The lowest BCUT2D eigenvalue weighted by atomic mass is 10.4. The summed E-state index contributed by atoms with van der Waals surface area (Å²) in [5.74, 6) is 0. The van der Waals surface area contributed by atoms with Crippen LogP contribution in [0.3, 0.4) is 0 Å². The van der Waals surface area contributed by atoms with Crippen LogP contribution in [0.1, 0.15) is 19.8 Å². The van der Waals surface area contributed by atoms with Gasteiger partial charge in [-0.1, -0.05) is 61.1 Å². The van der Waals surface area contributed by atoms with Crippen molar-refractivity contribution in [2.24, 2.45) is 0 Å². The highest BCUT2D eigenvalue weighted by molar-refractivity contribution is 9.39. The highest BCUT2D eigenvalue weighted by Crippen LogP contribution is 2.37. The smallest absolute Gasteiger partial charge is 0.0653 e. The second-order valence-electron chi connectivity index (χ2n) is 1.37. The van der Waals surface area contributed by atoms with E-state index in [9.17, 15) is 0 Å². The molecular weight excluding hydrogens is 288 g/mol. The van der Waals surface area contributed by atoms with Crippen LogP contribution in [-0.4, -0.2) is 2.14 Å². The Morgan fingerprint density at radius 3 is 1.71 bits per heavy atom. The summed E-state index contributed by atoms with van der Waals surface area (Å²) in [5, 5.41) is 0. The third-order valence-electron chi connectivity index (χ3n) is 0.533. The Balaban J connectivity index is 3.15. The van der Waals surface area contributed by atoms with Gasteiger partial charge in [0.15, 0.2) is 0 Å². The Morgan fingerprint density at radius 1 is 1.29 bits per heavy atom. The van der Waals surface area contributed by atoms with Gasteiger partial charge in [0.05, 0.1) is 0 Å². The molecule has 0 fully saturated rings. The highest BCUT2D eigenvalue weighted by atomic mass is 80.0. The Bertz CT molecular complexity index is 45.4. The molecule has 7 heavy (non-hydrogen) atoms. The van der Waals surface area contributed by atoms with Gasteiger partial charge in [0.2, 0.25) is 0 Å². The van der Waals surface area contributed by atoms with Gasteiger partial charge < -0.3 is 0 Å². The minimum Gasteiger partial charge on any atom is -0.0653 e. The Hall–Kier alpha value is 1.44. The van der Waals surface area contributed by atoms with E-state index in [0.29, 0.717) is 0 Å². The standard InChI is InChI=1S/C4H7Br3/c1-2-3-4(5,6)7/h2-3H2,1H3. The molecule has 0 radical (unpaired) electrons. The number of hydrogen-bond acceptors (Lipinski definition) is 0. The molecule has 3 heteroatoms. The fourth-order valence-corrected chi connectivity index (χ4v) is 1.47. The van der Waals surface area contributed by atoms with Gasteiger partial charge >= 0.3 is 0 Å². The van der Waals surface area contributed by atoms with Crippen molar-refractivity contribution in [2.75, 3.05) is 0 Å². The summed E-state index contributed by atoms with van der Waals surface area (Å²) in [6, 6.07) is 0. The van der Waals surface area contributed by atoms with Gasteiger partial charge in [-0.3, -0.25) is 0 Å². The van der Waals surface area contributed by atoms with Crippen molar-refractivity contribution in [3.05, 3.63) is 0 Å². The van der Waals surface area contributed by atoms with Crippen LogP contribution in [0.25, 0.3) is 0 Å². The molecule has 0 aliphatic carbocycles. The van der Waals surface area contributed by atoms with Crippen LogP contribution >= 0.6 is 47.8 Å². The molecule has 0 amide bonds. The molecule has 0 aliphatic heterocycles. The SMILES string of the molecule is CCCC(Br)(Br)Br. The fourth-order valence-electron chi connectivity index (χ4n) is 0.283. The van der Waals surface area contributed by atoms with E-state index >= 15 is 0 Å². The van der Waals surface area contributed by atoms with Gasteiger partial charge in [-0.05, 0) is 6.42 Å². The summed E-state index contributed by atoms with van der Waals surface area (Å²) in [7, 11) is 0. The number of rotatable bonds is 1. The van der Waals surface area contributed by atoms with Crippen molar-refractivity contribution in [1.29, 1.82) is 0 Å². The van der Waals surface area contributed by atoms with Crippen LogP contribution in [0.5, 0.6) is 0 Å². The lowest BCUT2D eigenvalue weighted by Gasteiger charge is -2.07. The average molecular weight is 295 g/mol. The number of alkyl halides is 3. The van der Waals surface area contributed by atoms with Crippen molar-refractivity contribution in [3.63, 3.8) is 0 Å². The van der Waals surface area contributed by atoms with Crippen molar-refractivity contribution >= 4 is 47.8 Å². The molecule has 0 N–H and O–H groups in total. The van der Waals surface area contributed by atoms with Crippen LogP contribution in [0, 0.1) is 0 Å². The third kappa shape index (κ3) is 7.44. The number of halogens is 3. The van der Waals surface area contributed by atoms with Crippen molar-refractivity contribution in [2.45, 2.75) is 21.9 Å². The molecule has 0 unspecified atom stereocenters. The monoisotopic (exact) mass is 292 g/mol. The Morgan fingerprint density at radius 2 is 1.71 bits per heavy atom. The van der Waals surface area contributed by atoms with Crippen LogP contribution in [0.15, 0.2) is 0 Å². The molecule has 0 saturated heterocycles. The first kappa shape index (κ1) is 8.44. The lowest BCUT2D eigenvalue weighted by Crippen LogP contribution is -1.95. The normalized spacial score (nSPS) is 12.0. The maximum atomic E-state index is 3.37. The van der Waals surface area contributed by atoms with Crippen molar-refractivity contribution in [3.8, 4) is 0 Å². The zero-order valence-corrected chi connectivity index (χ0v) is 8.81. The van der Waals surface area contributed by atoms with E-state index in [-0.39, 0.29) is 2.14 Å². The summed E-state index contributed by atoms with van der Waals surface area (Å²) >= 11 is 10.1. The first-order valence-electron chi connectivity index (χ1n) is 2.13. The van der Waals surface area contributed by atoms with Crippen molar-refractivity contribution in [1.82, 2.24) is 0 Å². The molecule has 0 aliphatic rings. The largest absolute Gasteiger partial charge is 0.135 e. The average Bonchev–Trinajstić information content (AvgIpc) is 1.30. The summed E-state index contributed by atoms with van der Waals surface area (Å²) < 4.78 is -0.0122. The van der Waals surface area contributed by atoms with Gasteiger partial charge in [0.1, 0.15) is 2.14 Å². The molecule has 0 aromatic heterocycles. The van der Waals surface area contributed by atoms with E-state index in [2.05, 4.69) is 54.7 Å².